The molecular formula is C10H14O3. The van der Waals surface area contributed by atoms with Gasteiger partial charge >= 0.3 is 0 Å². The Bertz CT molecular complexity index is 294. The van der Waals surface area contributed by atoms with Crippen molar-refractivity contribution in [1.29, 1.82) is 0 Å². The lowest BCUT2D eigenvalue weighted by Gasteiger charge is -2.08. The van der Waals surface area contributed by atoms with Crippen LogP contribution in [0.4, 0.5) is 0 Å². The zero-order chi connectivity index (χ0) is 9.84. The van der Waals surface area contributed by atoms with Crippen molar-refractivity contribution in [2.24, 2.45) is 0 Å². The highest BCUT2D eigenvalue weighted by Crippen LogP contribution is 2.36. The van der Waals surface area contributed by atoms with Crippen molar-refractivity contribution in [2.45, 2.75) is 20.3 Å². The van der Waals surface area contributed by atoms with Crippen LogP contribution in [-0.4, -0.2) is 16.8 Å². The molecule has 0 aromatic heterocycles. The fourth-order valence-electron chi connectivity index (χ4n) is 1.12. The van der Waals surface area contributed by atoms with Crippen LogP contribution >= 0.6 is 0 Å². The highest BCUT2D eigenvalue weighted by Gasteiger charge is 2.08. The first-order valence-corrected chi connectivity index (χ1v) is 4.36. The SMILES string of the molecule is CCOc1cc(CC)cc(O)c1O. The lowest BCUT2D eigenvalue weighted by Crippen LogP contribution is -1.93. The molecule has 0 saturated heterocycles. The van der Waals surface area contributed by atoms with Gasteiger partial charge in [-0.2, -0.15) is 0 Å². The van der Waals surface area contributed by atoms with E-state index in [4.69, 9.17) is 4.74 Å². The Hall–Kier alpha value is -1.38. The first-order chi connectivity index (χ1) is 6.19. The average molecular weight is 182 g/mol. The van der Waals surface area contributed by atoms with Crippen LogP contribution in [0.3, 0.4) is 0 Å². The van der Waals surface area contributed by atoms with E-state index in [0.29, 0.717) is 12.4 Å². The summed E-state index contributed by atoms with van der Waals surface area (Å²) in [6.45, 7) is 4.27. The predicted molar refractivity (Wildman–Crippen MR) is 50.3 cm³/mol. The number of hydrogen-bond donors (Lipinski definition) is 2. The molecule has 0 atom stereocenters. The van der Waals surface area contributed by atoms with Gasteiger partial charge in [0.05, 0.1) is 6.61 Å². The van der Waals surface area contributed by atoms with Crippen LogP contribution in [-0.2, 0) is 6.42 Å². The van der Waals surface area contributed by atoms with E-state index in [9.17, 15) is 10.2 Å². The molecule has 0 fully saturated rings. The summed E-state index contributed by atoms with van der Waals surface area (Å²) in [6.07, 6.45) is 0.800. The molecule has 0 radical (unpaired) electrons. The Kier molecular flexibility index (Phi) is 3.01. The van der Waals surface area contributed by atoms with Gasteiger partial charge in [0.15, 0.2) is 11.5 Å². The molecule has 1 aromatic carbocycles. The molecule has 0 saturated carbocycles. The summed E-state index contributed by atoms with van der Waals surface area (Å²) in [5.41, 5.74) is 0.943. The number of aryl methyl sites for hydroxylation is 1. The molecule has 0 aliphatic carbocycles. The summed E-state index contributed by atoms with van der Waals surface area (Å²) in [5.74, 6) is 0.0428. The van der Waals surface area contributed by atoms with Crippen LogP contribution < -0.4 is 4.74 Å². The summed E-state index contributed by atoms with van der Waals surface area (Å²) >= 11 is 0. The molecular weight excluding hydrogens is 168 g/mol. The third-order valence-electron chi connectivity index (χ3n) is 1.82. The Morgan fingerprint density at radius 3 is 2.46 bits per heavy atom. The number of phenols is 2. The zero-order valence-electron chi connectivity index (χ0n) is 7.87. The van der Waals surface area contributed by atoms with Gasteiger partial charge in [0, 0.05) is 0 Å². The van der Waals surface area contributed by atoms with E-state index in [1.807, 2.05) is 13.8 Å². The van der Waals surface area contributed by atoms with Crippen LogP contribution in [0.5, 0.6) is 17.2 Å². The van der Waals surface area contributed by atoms with Crippen molar-refractivity contribution in [1.82, 2.24) is 0 Å². The maximum Gasteiger partial charge on any atom is 0.200 e. The third kappa shape index (κ3) is 2.05. The molecule has 0 aliphatic heterocycles. The quantitative estimate of drug-likeness (QED) is 0.703. The van der Waals surface area contributed by atoms with Crippen LogP contribution in [0.15, 0.2) is 12.1 Å². The van der Waals surface area contributed by atoms with Gasteiger partial charge in [-0.05, 0) is 31.0 Å². The van der Waals surface area contributed by atoms with Crippen LogP contribution in [0.2, 0.25) is 0 Å². The number of hydrogen-bond acceptors (Lipinski definition) is 3. The van der Waals surface area contributed by atoms with Crippen molar-refractivity contribution >= 4 is 0 Å². The van der Waals surface area contributed by atoms with Crippen LogP contribution in [0, 0.1) is 0 Å². The second kappa shape index (κ2) is 4.03. The summed E-state index contributed by atoms with van der Waals surface area (Å²) in [4.78, 5) is 0. The van der Waals surface area contributed by atoms with Gasteiger partial charge in [-0.3, -0.25) is 0 Å². The van der Waals surface area contributed by atoms with E-state index in [-0.39, 0.29) is 11.5 Å². The monoisotopic (exact) mass is 182 g/mol. The molecule has 0 spiro atoms. The van der Waals surface area contributed by atoms with Crippen molar-refractivity contribution in [3.8, 4) is 17.2 Å². The first-order valence-electron chi connectivity index (χ1n) is 4.36. The minimum atomic E-state index is -0.181. The Balaban J connectivity index is 3.09. The standard InChI is InChI=1S/C10H14O3/c1-3-7-5-8(11)10(12)9(6-7)13-4-2/h5-6,11-12H,3-4H2,1-2H3. The normalized spacial score (nSPS) is 10.0. The number of phenolic OH excluding ortho intramolecular Hbond substituents is 2. The van der Waals surface area contributed by atoms with Crippen molar-refractivity contribution in [3.05, 3.63) is 17.7 Å². The van der Waals surface area contributed by atoms with Gasteiger partial charge < -0.3 is 14.9 Å². The van der Waals surface area contributed by atoms with Crippen molar-refractivity contribution in [3.63, 3.8) is 0 Å². The van der Waals surface area contributed by atoms with Gasteiger partial charge in [0.2, 0.25) is 5.75 Å². The van der Waals surface area contributed by atoms with E-state index in [2.05, 4.69) is 0 Å². The Morgan fingerprint density at radius 2 is 1.92 bits per heavy atom. The Morgan fingerprint density at radius 1 is 1.23 bits per heavy atom. The van der Waals surface area contributed by atoms with Crippen molar-refractivity contribution < 1.29 is 14.9 Å². The summed E-state index contributed by atoms with van der Waals surface area (Å²) < 4.78 is 5.15. The second-order valence-corrected chi connectivity index (χ2v) is 2.75. The van der Waals surface area contributed by atoms with E-state index < -0.39 is 0 Å². The largest absolute Gasteiger partial charge is 0.504 e. The maximum atomic E-state index is 9.37. The maximum absolute atomic E-state index is 9.37. The molecule has 1 rings (SSSR count). The summed E-state index contributed by atoms with van der Waals surface area (Å²) in [6, 6.07) is 3.27. The van der Waals surface area contributed by atoms with E-state index in [1.165, 1.54) is 6.07 Å². The number of rotatable bonds is 3. The zero-order valence-corrected chi connectivity index (χ0v) is 7.87. The highest BCUT2D eigenvalue weighted by molar-refractivity contribution is 5.51. The van der Waals surface area contributed by atoms with Crippen LogP contribution in [0.1, 0.15) is 19.4 Å². The minimum absolute atomic E-state index is 0.122. The fraction of sp³-hybridized carbons (Fsp3) is 0.400. The predicted octanol–water partition coefficient (Wildman–Crippen LogP) is 2.06. The fourth-order valence-corrected chi connectivity index (χ4v) is 1.12. The molecule has 0 aliphatic rings. The summed E-state index contributed by atoms with van der Waals surface area (Å²) in [5, 5.41) is 18.7. The first kappa shape index (κ1) is 9.71. The molecule has 3 heteroatoms. The lowest BCUT2D eigenvalue weighted by molar-refractivity contribution is 0.308. The molecule has 0 heterocycles. The van der Waals surface area contributed by atoms with E-state index in [1.54, 1.807) is 6.07 Å². The average Bonchev–Trinajstić information content (AvgIpc) is 2.13. The molecule has 2 N–H and O–H groups in total. The molecule has 1 aromatic rings. The molecule has 13 heavy (non-hydrogen) atoms. The van der Waals surface area contributed by atoms with Gasteiger partial charge in [0.25, 0.3) is 0 Å². The molecule has 3 nitrogen and oxygen atoms in total. The van der Waals surface area contributed by atoms with Gasteiger partial charge in [0.1, 0.15) is 0 Å². The third-order valence-corrected chi connectivity index (χ3v) is 1.82. The van der Waals surface area contributed by atoms with E-state index >= 15 is 0 Å². The number of benzene rings is 1. The van der Waals surface area contributed by atoms with Crippen LogP contribution in [0.25, 0.3) is 0 Å². The molecule has 0 bridgehead atoms. The molecule has 72 valence electrons. The lowest BCUT2D eigenvalue weighted by atomic mass is 10.1. The smallest absolute Gasteiger partial charge is 0.200 e. The topological polar surface area (TPSA) is 49.7 Å². The van der Waals surface area contributed by atoms with Gasteiger partial charge in [-0.1, -0.05) is 6.92 Å². The van der Waals surface area contributed by atoms with E-state index in [0.717, 1.165) is 12.0 Å². The van der Waals surface area contributed by atoms with Crippen molar-refractivity contribution in [2.75, 3.05) is 6.61 Å². The number of aromatic hydroxyl groups is 2. The van der Waals surface area contributed by atoms with Gasteiger partial charge in [-0.15, -0.1) is 0 Å². The second-order valence-electron chi connectivity index (χ2n) is 2.75. The number of ether oxygens (including phenoxy) is 1. The molecule has 0 amide bonds. The molecule has 0 unspecified atom stereocenters. The van der Waals surface area contributed by atoms with Gasteiger partial charge in [-0.25, -0.2) is 0 Å². The Labute approximate surface area is 77.6 Å². The summed E-state index contributed by atoms with van der Waals surface area (Å²) in [7, 11) is 0. The highest BCUT2D eigenvalue weighted by atomic mass is 16.5. The minimum Gasteiger partial charge on any atom is -0.504 e.